The Hall–Kier alpha value is -0.580. The summed E-state index contributed by atoms with van der Waals surface area (Å²) in [7, 11) is -3.25. The van der Waals surface area contributed by atoms with E-state index in [1.54, 1.807) is 0 Å². The van der Waals surface area contributed by atoms with E-state index in [1.807, 2.05) is 30.3 Å². The molecule has 1 aromatic rings. The Labute approximate surface area is 114 Å². The summed E-state index contributed by atoms with van der Waals surface area (Å²) in [5, 5.41) is -0.244. The third kappa shape index (κ3) is 3.25. The average Bonchev–Trinajstić information content (AvgIpc) is 2.92. The predicted molar refractivity (Wildman–Crippen MR) is 74.2 cm³/mol. The lowest BCUT2D eigenvalue weighted by Gasteiger charge is -2.19. The van der Waals surface area contributed by atoms with E-state index in [-0.39, 0.29) is 17.2 Å². The first kappa shape index (κ1) is 13.8. The van der Waals surface area contributed by atoms with Crippen LogP contribution in [0.25, 0.3) is 0 Å². The Kier molecular flexibility index (Phi) is 4.65. The number of sulfonamides is 1. The van der Waals surface area contributed by atoms with Crippen LogP contribution in [0, 0.1) is 0 Å². The minimum Gasteiger partial charge on any atom is -0.212 e. The van der Waals surface area contributed by atoms with Gasteiger partial charge in [-0.25, -0.2) is 13.1 Å². The van der Waals surface area contributed by atoms with E-state index in [4.69, 9.17) is 11.6 Å². The topological polar surface area (TPSA) is 46.2 Å². The Balaban J connectivity index is 2.11. The van der Waals surface area contributed by atoms with Crippen molar-refractivity contribution < 1.29 is 8.42 Å². The maximum Gasteiger partial charge on any atom is 0.215 e. The minimum absolute atomic E-state index is 0.244. The Bertz CT molecular complexity index is 469. The molecule has 0 amide bonds. The quantitative estimate of drug-likeness (QED) is 0.847. The molecule has 2 rings (SSSR count). The SMILES string of the molecule is O=S(=O)(NC(CCl)c1ccccc1)C1CCCC1. The molecular weight excluding hydrogens is 270 g/mol. The first-order valence-electron chi connectivity index (χ1n) is 6.25. The summed E-state index contributed by atoms with van der Waals surface area (Å²) >= 11 is 5.89. The molecule has 1 atom stereocenters. The summed E-state index contributed by atoms with van der Waals surface area (Å²) in [6, 6.07) is 9.13. The van der Waals surface area contributed by atoms with Crippen molar-refractivity contribution >= 4 is 21.6 Å². The van der Waals surface area contributed by atoms with Crippen LogP contribution in [0.4, 0.5) is 0 Å². The molecule has 1 unspecified atom stereocenters. The van der Waals surface area contributed by atoms with Gasteiger partial charge in [-0.2, -0.15) is 0 Å². The third-order valence-corrected chi connectivity index (χ3v) is 5.67. The standard InChI is InChI=1S/C13H18ClNO2S/c14-10-13(11-6-2-1-3-7-11)15-18(16,17)12-8-4-5-9-12/h1-3,6-7,12-13,15H,4-5,8-10H2. The molecule has 100 valence electrons. The van der Waals surface area contributed by atoms with Crippen molar-refractivity contribution in [2.75, 3.05) is 5.88 Å². The number of nitrogens with one attached hydrogen (secondary N) is 1. The largest absolute Gasteiger partial charge is 0.215 e. The van der Waals surface area contributed by atoms with Crippen molar-refractivity contribution in [1.82, 2.24) is 4.72 Å². The van der Waals surface area contributed by atoms with Gasteiger partial charge in [-0.15, -0.1) is 11.6 Å². The molecule has 18 heavy (non-hydrogen) atoms. The van der Waals surface area contributed by atoms with Gasteiger partial charge in [0.05, 0.1) is 11.3 Å². The fourth-order valence-corrected chi connectivity index (χ4v) is 4.48. The van der Waals surface area contributed by atoms with E-state index < -0.39 is 10.0 Å². The molecular formula is C13H18ClNO2S. The molecule has 5 heteroatoms. The van der Waals surface area contributed by atoms with Crippen molar-refractivity contribution in [1.29, 1.82) is 0 Å². The summed E-state index contributed by atoms with van der Waals surface area (Å²) in [6.45, 7) is 0. The van der Waals surface area contributed by atoms with E-state index in [9.17, 15) is 8.42 Å². The molecule has 1 aromatic carbocycles. The fourth-order valence-electron chi connectivity index (χ4n) is 2.37. The first-order valence-corrected chi connectivity index (χ1v) is 8.33. The van der Waals surface area contributed by atoms with Gasteiger partial charge in [0, 0.05) is 5.88 Å². The molecule has 0 aromatic heterocycles. The van der Waals surface area contributed by atoms with Crippen LogP contribution in [0.2, 0.25) is 0 Å². The molecule has 1 aliphatic rings. The summed E-state index contributed by atoms with van der Waals surface area (Å²) in [4.78, 5) is 0. The van der Waals surface area contributed by atoms with E-state index in [0.29, 0.717) is 0 Å². The van der Waals surface area contributed by atoms with Crippen LogP contribution in [-0.4, -0.2) is 19.5 Å². The molecule has 0 aliphatic heterocycles. The van der Waals surface area contributed by atoms with Gasteiger partial charge in [-0.3, -0.25) is 0 Å². The number of halogens is 1. The third-order valence-electron chi connectivity index (χ3n) is 3.40. The zero-order valence-corrected chi connectivity index (χ0v) is 11.8. The second-order valence-corrected chi connectivity index (χ2v) is 6.99. The van der Waals surface area contributed by atoms with Crippen molar-refractivity contribution in [3.63, 3.8) is 0 Å². The molecule has 0 saturated heterocycles. The predicted octanol–water partition coefficient (Wildman–Crippen LogP) is 2.83. The maximum atomic E-state index is 12.2. The molecule has 0 bridgehead atoms. The number of hydrogen-bond donors (Lipinski definition) is 1. The van der Waals surface area contributed by atoms with Crippen LogP contribution in [0.5, 0.6) is 0 Å². The molecule has 0 heterocycles. The summed E-state index contributed by atoms with van der Waals surface area (Å²) in [5.41, 5.74) is 0.911. The lowest BCUT2D eigenvalue weighted by Crippen LogP contribution is -2.36. The number of alkyl halides is 1. The molecule has 3 nitrogen and oxygen atoms in total. The highest BCUT2D eigenvalue weighted by Gasteiger charge is 2.30. The van der Waals surface area contributed by atoms with Crippen LogP contribution in [0.1, 0.15) is 37.3 Å². The zero-order valence-electron chi connectivity index (χ0n) is 10.2. The maximum absolute atomic E-state index is 12.2. The molecule has 1 N–H and O–H groups in total. The second kappa shape index (κ2) is 6.04. The van der Waals surface area contributed by atoms with Crippen LogP contribution in [0.3, 0.4) is 0 Å². The lowest BCUT2D eigenvalue weighted by atomic mass is 10.1. The first-order chi connectivity index (χ1) is 8.63. The van der Waals surface area contributed by atoms with Gasteiger partial charge >= 0.3 is 0 Å². The minimum atomic E-state index is -3.25. The fraction of sp³-hybridized carbons (Fsp3) is 0.538. The average molecular weight is 288 g/mol. The highest BCUT2D eigenvalue weighted by molar-refractivity contribution is 7.90. The van der Waals surface area contributed by atoms with Gasteiger partial charge in [0.2, 0.25) is 10.0 Å². The van der Waals surface area contributed by atoms with E-state index in [2.05, 4.69) is 4.72 Å². The molecule has 1 aliphatic carbocycles. The van der Waals surface area contributed by atoms with E-state index in [1.165, 1.54) is 0 Å². The monoisotopic (exact) mass is 287 g/mol. The van der Waals surface area contributed by atoms with Crippen LogP contribution >= 0.6 is 11.6 Å². The van der Waals surface area contributed by atoms with E-state index >= 15 is 0 Å². The van der Waals surface area contributed by atoms with Crippen molar-refractivity contribution in [2.45, 2.75) is 37.0 Å². The van der Waals surface area contributed by atoms with Gasteiger partial charge in [-0.05, 0) is 18.4 Å². The van der Waals surface area contributed by atoms with Gasteiger partial charge in [0.25, 0.3) is 0 Å². The van der Waals surface area contributed by atoms with Crippen LogP contribution < -0.4 is 4.72 Å². The van der Waals surface area contributed by atoms with Gasteiger partial charge < -0.3 is 0 Å². The van der Waals surface area contributed by atoms with Gasteiger partial charge in [0.1, 0.15) is 0 Å². The molecule has 0 spiro atoms. The van der Waals surface area contributed by atoms with Crippen molar-refractivity contribution in [3.8, 4) is 0 Å². The highest BCUT2D eigenvalue weighted by atomic mass is 35.5. The highest BCUT2D eigenvalue weighted by Crippen LogP contribution is 2.26. The second-order valence-electron chi connectivity index (χ2n) is 4.69. The molecule has 1 saturated carbocycles. The summed E-state index contributed by atoms with van der Waals surface area (Å²) < 4.78 is 27.2. The number of hydrogen-bond acceptors (Lipinski definition) is 2. The summed E-state index contributed by atoms with van der Waals surface area (Å²) in [6.07, 6.45) is 3.53. The number of rotatable bonds is 5. The Morgan fingerprint density at radius 3 is 2.39 bits per heavy atom. The van der Waals surface area contributed by atoms with Gasteiger partial charge in [-0.1, -0.05) is 43.2 Å². The van der Waals surface area contributed by atoms with Crippen LogP contribution in [-0.2, 0) is 10.0 Å². The Morgan fingerprint density at radius 2 is 1.83 bits per heavy atom. The zero-order chi connectivity index (χ0) is 13.0. The molecule has 1 fully saturated rings. The molecule has 0 radical (unpaired) electrons. The summed E-state index contributed by atoms with van der Waals surface area (Å²) in [5.74, 6) is 0.246. The van der Waals surface area contributed by atoms with Gasteiger partial charge in [0.15, 0.2) is 0 Å². The van der Waals surface area contributed by atoms with Crippen molar-refractivity contribution in [2.24, 2.45) is 0 Å². The smallest absolute Gasteiger partial charge is 0.212 e. The number of benzene rings is 1. The van der Waals surface area contributed by atoms with E-state index in [0.717, 1.165) is 31.2 Å². The normalized spacial score (nSPS) is 18.9. The van der Waals surface area contributed by atoms with Crippen LogP contribution in [0.15, 0.2) is 30.3 Å². The van der Waals surface area contributed by atoms with Crippen molar-refractivity contribution in [3.05, 3.63) is 35.9 Å². The lowest BCUT2D eigenvalue weighted by molar-refractivity contribution is 0.551. The Morgan fingerprint density at radius 1 is 1.22 bits per heavy atom.